The van der Waals surface area contributed by atoms with E-state index >= 15 is 0 Å². The van der Waals surface area contributed by atoms with E-state index in [0.29, 0.717) is 23.2 Å². The Balaban J connectivity index is 1.20. The van der Waals surface area contributed by atoms with Crippen LogP contribution in [0.4, 0.5) is 5.13 Å². The number of carbonyl (C=O) groups is 1. The first-order valence-electron chi connectivity index (χ1n) is 10.9. The highest BCUT2D eigenvalue weighted by molar-refractivity contribution is 7.93. The van der Waals surface area contributed by atoms with Crippen LogP contribution in [0.25, 0.3) is 10.9 Å². The van der Waals surface area contributed by atoms with Crippen LogP contribution in [0.3, 0.4) is 0 Å². The van der Waals surface area contributed by atoms with Crippen LogP contribution in [0, 0.1) is 0 Å². The molecule has 0 unspecified atom stereocenters. The van der Waals surface area contributed by atoms with Crippen LogP contribution in [0.5, 0.6) is 0 Å². The van der Waals surface area contributed by atoms with E-state index in [2.05, 4.69) is 9.71 Å². The second kappa shape index (κ2) is 9.40. The summed E-state index contributed by atoms with van der Waals surface area (Å²) < 4.78 is 29.5. The molecule has 2 aromatic heterocycles. The average Bonchev–Trinajstić information content (AvgIpc) is 3.50. The van der Waals surface area contributed by atoms with Gasteiger partial charge in [-0.3, -0.25) is 9.52 Å². The Morgan fingerprint density at radius 1 is 1.12 bits per heavy atom. The maximum atomic E-state index is 12.9. The minimum absolute atomic E-state index is 0.0746. The first-order chi connectivity index (χ1) is 16.4. The highest BCUT2D eigenvalue weighted by atomic mass is 35.5. The molecular formula is C24H23ClN4O3S2. The lowest BCUT2D eigenvalue weighted by molar-refractivity contribution is -0.132. The number of nitrogens with one attached hydrogen (secondary N) is 1. The summed E-state index contributed by atoms with van der Waals surface area (Å²) in [4.78, 5) is 19.0. The van der Waals surface area contributed by atoms with E-state index in [9.17, 15) is 13.2 Å². The Kier molecular flexibility index (Phi) is 6.33. The van der Waals surface area contributed by atoms with Crippen molar-refractivity contribution in [1.82, 2.24) is 14.5 Å². The molecule has 2 aromatic carbocycles. The standard InChI is InChI=1S/C24H23ClN4O3S2/c25-21-3-1-2-19-10-14-29(23(19)21)16-22(30)28-12-8-18(9-13-28)17-4-6-20(7-5-17)34(31,32)27-24-26-11-15-33-24/h1-7,10-11,14-15,18H,8-9,12-13,16H2,(H,26,27). The van der Waals surface area contributed by atoms with Gasteiger partial charge in [0.1, 0.15) is 6.54 Å². The van der Waals surface area contributed by atoms with Gasteiger partial charge in [-0.25, -0.2) is 13.4 Å². The number of carbonyl (C=O) groups excluding carboxylic acids is 1. The second-order valence-electron chi connectivity index (χ2n) is 8.29. The Morgan fingerprint density at radius 3 is 2.59 bits per heavy atom. The van der Waals surface area contributed by atoms with Gasteiger partial charge in [0.25, 0.3) is 10.0 Å². The molecule has 1 aliphatic heterocycles. The average molecular weight is 515 g/mol. The fourth-order valence-corrected chi connectivity index (χ4v) is 6.50. The predicted octanol–water partition coefficient (Wildman–Crippen LogP) is 4.96. The van der Waals surface area contributed by atoms with Crippen molar-refractivity contribution in [2.45, 2.75) is 30.2 Å². The third-order valence-corrected chi connectivity index (χ3v) is 8.69. The molecule has 0 radical (unpaired) electrons. The van der Waals surface area contributed by atoms with Gasteiger partial charge in [0.05, 0.1) is 15.4 Å². The highest BCUT2D eigenvalue weighted by Crippen LogP contribution is 2.30. The van der Waals surface area contributed by atoms with Gasteiger partial charge in [-0.15, -0.1) is 11.3 Å². The smallest absolute Gasteiger partial charge is 0.263 e. The maximum absolute atomic E-state index is 12.9. The number of nitrogens with zero attached hydrogens (tertiary/aromatic N) is 3. The number of aromatic nitrogens is 2. The van der Waals surface area contributed by atoms with Crippen LogP contribution >= 0.6 is 22.9 Å². The Labute approximate surface area is 207 Å². The summed E-state index contributed by atoms with van der Waals surface area (Å²) in [7, 11) is -3.66. The number of sulfonamides is 1. The lowest BCUT2D eigenvalue weighted by Gasteiger charge is -2.32. The Bertz CT molecular complexity index is 1410. The zero-order chi connectivity index (χ0) is 23.7. The number of hydrogen-bond donors (Lipinski definition) is 1. The molecular weight excluding hydrogens is 492 g/mol. The fraction of sp³-hybridized carbons (Fsp3) is 0.250. The third-order valence-electron chi connectivity index (χ3n) is 6.21. The van der Waals surface area contributed by atoms with Crippen LogP contribution < -0.4 is 4.72 Å². The molecule has 1 aliphatic rings. The van der Waals surface area contributed by atoms with Crippen molar-refractivity contribution in [3.05, 3.63) is 76.9 Å². The summed E-state index contributed by atoms with van der Waals surface area (Å²) in [6, 6.07) is 14.7. The summed E-state index contributed by atoms with van der Waals surface area (Å²) >= 11 is 7.58. The quantitative estimate of drug-likeness (QED) is 0.394. The second-order valence-corrected chi connectivity index (χ2v) is 11.3. The zero-order valence-electron chi connectivity index (χ0n) is 18.2. The molecule has 1 fully saturated rings. The molecule has 0 spiro atoms. The van der Waals surface area contributed by atoms with Crippen LogP contribution in [-0.2, 0) is 21.4 Å². The number of rotatable bonds is 6. The number of likely N-dealkylation sites (tertiary alicyclic amines) is 1. The molecule has 4 aromatic rings. The molecule has 3 heterocycles. The molecule has 1 amide bonds. The normalized spacial score (nSPS) is 15.0. The zero-order valence-corrected chi connectivity index (χ0v) is 20.6. The summed E-state index contributed by atoms with van der Waals surface area (Å²) in [6.07, 6.45) is 5.13. The predicted molar refractivity (Wildman–Crippen MR) is 135 cm³/mol. The summed E-state index contributed by atoms with van der Waals surface area (Å²) in [6.45, 7) is 1.60. The number of amides is 1. The van der Waals surface area contributed by atoms with Gasteiger partial charge in [-0.1, -0.05) is 35.9 Å². The Hall–Kier alpha value is -2.88. The fourth-order valence-electron chi connectivity index (χ4n) is 4.42. The molecule has 176 valence electrons. The summed E-state index contributed by atoms with van der Waals surface area (Å²) in [5.41, 5.74) is 1.97. The topological polar surface area (TPSA) is 84.3 Å². The molecule has 0 saturated carbocycles. The van der Waals surface area contributed by atoms with Crippen molar-refractivity contribution in [1.29, 1.82) is 0 Å². The van der Waals surface area contributed by atoms with Gasteiger partial charge < -0.3 is 9.47 Å². The van der Waals surface area contributed by atoms with Crippen molar-refractivity contribution in [3.8, 4) is 0 Å². The minimum atomic E-state index is -3.66. The van der Waals surface area contributed by atoms with E-state index in [1.54, 1.807) is 23.7 Å². The first kappa shape index (κ1) is 22.9. The van der Waals surface area contributed by atoms with Gasteiger partial charge >= 0.3 is 0 Å². The van der Waals surface area contributed by atoms with E-state index in [-0.39, 0.29) is 23.3 Å². The maximum Gasteiger partial charge on any atom is 0.263 e. The number of anilines is 1. The van der Waals surface area contributed by atoms with E-state index in [1.807, 2.05) is 52.1 Å². The molecule has 34 heavy (non-hydrogen) atoms. The molecule has 0 aliphatic carbocycles. The third kappa shape index (κ3) is 4.68. The van der Waals surface area contributed by atoms with Crippen molar-refractivity contribution in [2.24, 2.45) is 0 Å². The van der Waals surface area contributed by atoms with Crippen molar-refractivity contribution >= 4 is 54.9 Å². The molecule has 0 bridgehead atoms. The van der Waals surface area contributed by atoms with Gasteiger partial charge in [-0.05, 0) is 48.6 Å². The lowest BCUT2D eigenvalue weighted by atomic mass is 9.89. The number of benzene rings is 2. The van der Waals surface area contributed by atoms with Crippen molar-refractivity contribution in [3.63, 3.8) is 0 Å². The monoisotopic (exact) mass is 514 g/mol. The van der Waals surface area contributed by atoms with E-state index in [1.165, 1.54) is 11.3 Å². The molecule has 1 saturated heterocycles. The summed E-state index contributed by atoms with van der Waals surface area (Å²) in [5, 5.41) is 3.72. The number of hydrogen-bond acceptors (Lipinski definition) is 5. The molecule has 7 nitrogen and oxygen atoms in total. The van der Waals surface area contributed by atoms with Gasteiger partial charge in [0.15, 0.2) is 5.13 Å². The van der Waals surface area contributed by atoms with E-state index in [4.69, 9.17) is 11.6 Å². The lowest BCUT2D eigenvalue weighted by Crippen LogP contribution is -2.39. The van der Waals surface area contributed by atoms with E-state index in [0.717, 1.165) is 29.3 Å². The summed E-state index contributed by atoms with van der Waals surface area (Å²) in [5.74, 6) is 0.361. The van der Waals surface area contributed by atoms with Gasteiger partial charge in [-0.2, -0.15) is 0 Å². The molecule has 10 heteroatoms. The first-order valence-corrected chi connectivity index (χ1v) is 13.7. The SMILES string of the molecule is O=C(Cn1ccc2cccc(Cl)c21)N1CCC(c2ccc(S(=O)(=O)Nc3nccs3)cc2)CC1. The number of halogens is 1. The number of para-hydroxylation sites is 1. The van der Waals surface area contributed by atoms with Crippen LogP contribution in [0.2, 0.25) is 5.02 Å². The number of fused-ring (bicyclic) bond motifs is 1. The van der Waals surface area contributed by atoms with Crippen LogP contribution in [0.1, 0.15) is 24.3 Å². The van der Waals surface area contributed by atoms with Crippen molar-refractivity contribution < 1.29 is 13.2 Å². The van der Waals surface area contributed by atoms with Crippen LogP contribution in [-0.4, -0.2) is 41.9 Å². The molecule has 0 atom stereocenters. The number of thiazole rings is 1. The van der Waals surface area contributed by atoms with Crippen LogP contribution in [0.15, 0.2) is 71.2 Å². The molecule has 1 N–H and O–H groups in total. The molecule has 5 rings (SSSR count). The largest absolute Gasteiger partial charge is 0.341 e. The Morgan fingerprint density at radius 2 is 1.88 bits per heavy atom. The van der Waals surface area contributed by atoms with E-state index < -0.39 is 10.0 Å². The highest BCUT2D eigenvalue weighted by Gasteiger charge is 2.25. The minimum Gasteiger partial charge on any atom is -0.341 e. The van der Waals surface area contributed by atoms with Gasteiger partial charge in [0, 0.05) is 36.2 Å². The van der Waals surface area contributed by atoms with Gasteiger partial charge in [0.2, 0.25) is 5.91 Å². The number of piperidine rings is 1. The van der Waals surface area contributed by atoms with Crippen molar-refractivity contribution in [2.75, 3.05) is 17.8 Å².